The quantitative estimate of drug-likeness (QED) is 0.815. The van der Waals surface area contributed by atoms with Crippen LogP contribution in [0.1, 0.15) is 50.3 Å². The van der Waals surface area contributed by atoms with Crippen molar-refractivity contribution in [1.29, 1.82) is 0 Å². The summed E-state index contributed by atoms with van der Waals surface area (Å²) < 4.78 is 0. The van der Waals surface area contributed by atoms with Crippen molar-refractivity contribution in [2.45, 2.75) is 58.0 Å². The third kappa shape index (κ3) is 4.54. The molecule has 1 aromatic rings. The van der Waals surface area contributed by atoms with Gasteiger partial charge in [-0.05, 0) is 55.5 Å². The molecule has 0 aliphatic heterocycles. The molecule has 2 fully saturated rings. The molecule has 1 N–H and O–H groups in total. The fraction of sp³-hybridized carbons (Fsp3) is 0.778. The van der Waals surface area contributed by atoms with Gasteiger partial charge in [-0.15, -0.1) is 11.3 Å². The summed E-state index contributed by atoms with van der Waals surface area (Å²) in [6.45, 7) is 6.02. The Morgan fingerprint density at radius 2 is 2.05 bits per heavy atom. The number of rotatable bonds is 7. The summed E-state index contributed by atoms with van der Waals surface area (Å²) in [5.74, 6) is 0.932. The lowest BCUT2D eigenvalue weighted by Gasteiger charge is -2.42. The van der Waals surface area contributed by atoms with E-state index in [1.54, 1.807) is 0 Å². The Bertz CT molecular complexity index is 416. The predicted octanol–water partition coefficient (Wildman–Crippen LogP) is 4.13. The third-order valence-corrected chi connectivity index (χ3v) is 6.15. The molecule has 2 aliphatic rings. The van der Waals surface area contributed by atoms with Crippen LogP contribution in [0.15, 0.2) is 17.5 Å². The second kappa shape index (κ2) is 6.80. The Kier molecular flexibility index (Phi) is 5.03. The molecular weight excluding hydrogens is 276 g/mol. The first kappa shape index (κ1) is 15.5. The van der Waals surface area contributed by atoms with Crippen LogP contribution in [0.25, 0.3) is 0 Å². The van der Waals surface area contributed by atoms with Gasteiger partial charge in [0.25, 0.3) is 0 Å². The first-order chi connectivity index (χ1) is 10.2. The summed E-state index contributed by atoms with van der Waals surface area (Å²) in [7, 11) is 2.30. The Balaban J connectivity index is 1.57. The average Bonchev–Trinajstić information content (AvgIpc) is 3.17. The molecule has 3 heteroatoms. The van der Waals surface area contributed by atoms with E-state index in [0.29, 0.717) is 5.41 Å². The van der Waals surface area contributed by atoms with Crippen molar-refractivity contribution >= 4 is 11.3 Å². The molecule has 0 unspecified atom stereocenters. The zero-order valence-electron chi connectivity index (χ0n) is 13.6. The highest BCUT2D eigenvalue weighted by Crippen LogP contribution is 2.40. The van der Waals surface area contributed by atoms with E-state index in [4.69, 9.17) is 0 Å². The zero-order chi connectivity index (χ0) is 14.7. The molecule has 2 saturated carbocycles. The van der Waals surface area contributed by atoms with Crippen molar-refractivity contribution in [3.8, 4) is 0 Å². The van der Waals surface area contributed by atoms with Gasteiger partial charge in [-0.25, -0.2) is 0 Å². The average molecular weight is 307 g/mol. The van der Waals surface area contributed by atoms with Crippen molar-refractivity contribution in [1.82, 2.24) is 10.2 Å². The van der Waals surface area contributed by atoms with Gasteiger partial charge in [-0.1, -0.05) is 25.8 Å². The van der Waals surface area contributed by atoms with Crippen molar-refractivity contribution < 1.29 is 0 Å². The minimum atomic E-state index is 0.515. The zero-order valence-corrected chi connectivity index (χ0v) is 14.4. The summed E-state index contributed by atoms with van der Waals surface area (Å²) in [5, 5.41) is 6.01. The molecule has 0 radical (unpaired) electrons. The van der Waals surface area contributed by atoms with E-state index in [1.807, 2.05) is 11.3 Å². The number of hydrogen-bond donors (Lipinski definition) is 1. The van der Waals surface area contributed by atoms with Crippen LogP contribution in [0.4, 0.5) is 0 Å². The highest BCUT2D eigenvalue weighted by molar-refractivity contribution is 7.09. The van der Waals surface area contributed by atoms with Gasteiger partial charge in [0.2, 0.25) is 0 Å². The molecule has 0 bridgehead atoms. The molecule has 118 valence electrons. The summed E-state index contributed by atoms with van der Waals surface area (Å²) in [6.07, 6.45) is 8.44. The topological polar surface area (TPSA) is 15.3 Å². The summed E-state index contributed by atoms with van der Waals surface area (Å²) >= 11 is 1.88. The minimum Gasteiger partial charge on any atom is -0.313 e. The highest BCUT2D eigenvalue weighted by atomic mass is 32.1. The van der Waals surface area contributed by atoms with Crippen LogP contribution in [-0.4, -0.2) is 31.1 Å². The van der Waals surface area contributed by atoms with E-state index >= 15 is 0 Å². The maximum absolute atomic E-state index is 3.82. The van der Waals surface area contributed by atoms with Gasteiger partial charge >= 0.3 is 0 Å². The Labute approximate surface area is 133 Å². The van der Waals surface area contributed by atoms with Crippen LogP contribution in [0, 0.1) is 11.3 Å². The van der Waals surface area contributed by atoms with Gasteiger partial charge in [-0.3, -0.25) is 0 Å². The van der Waals surface area contributed by atoms with E-state index < -0.39 is 0 Å². The summed E-state index contributed by atoms with van der Waals surface area (Å²) in [4.78, 5) is 4.04. The Morgan fingerprint density at radius 1 is 1.29 bits per heavy atom. The van der Waals surface area contributed by atoms with Crippen LogP contribution < -0.4 is 5.32 Å². The van der Waals surface area contributed by atoms with Crippen molar-refractivity contribution in [3.05, 3.63) is 22.4 Å². The van der Waals surface area contributed by atoms with Crippen LogP contribution in [0.5, 0.6) is 0 Å². The monoisotopic (exact) mass is 306 g/mol. The predicted molar refractivity (Wildman–Crippen MR) is 91.7 cm³/mol. The van der Waals surface area contributed by atoms with Gasteiger partial charge in [0.15, 0.2) is 0 Å². The molecule has 0 amide bonds. The van der Waals surface area contributed by atoms with E-state index in [0.717, 1.165) is 18.5 Å². The van der Waals surface area contributed by atoms with Crippen molar-refractivity contribution in [3.63, 3.8) is 0 Å². The molecule has 3 rings (SSSR count). The molecular formula is C18H30N2S. The van der Waals surface area contributed by atoms with Crippen LogP contribution in [0.2, 0.25) is 0 Å². The second-order valence-electron chi connectivity index (χ2n) is 7.59. The SMILES string of the molecule is CC1CCC(CNC2CC2)(CN(C)Cc2cccs2)CC1. The Morgan fingerprint density at radius 3 is 2.67 bits per heavy atom. The van der Waals surface area contributed by atoms with Gasteiger partial charge in [0.1, 0.15) is 0 Å². The van der Waals surface area contributed by atoms with E-state index in [9.17, 15) is 0 Å². The molecule has 0 spiro atoms. The lowest BCUT2D eigenvalue weighted by atomic mass is 9.70. The molecule has 0 saturated heterocycles. The molecule has 2 nitrogen and oxygen atoms in total. The summed E-state index contributed by atoms with van der Waals surface area (Å²) in [5.41, 5.74) is 0.515. The first-order valence-corrected chi connectivity index (χ1v) is 9.47. The third-order valence-electron chi connectivity index (χ3n) is 5.29. The first-order valence-electron chi connectivity index (χ1n) is 8.60. The Hall–Kier alpha value is -0.380. The number of hydrogen-bond acceptors (Lipinski definition) is 3. The van der Waals surface area contributed by atoms with E-state index in [2.05, 4.69) is 41.7 Å². The highest BCUT2D eigenvalue weighted by Gasteiger charge is 2.36. The van der Waals surface area contributed by atoms with Gasteiger partial charge in [0.05, 0.1) is 0 Å². The number of nitrogens with one attached hydrogen (secondary N) is 1. The maximum Gasteiger partial charge on any atom is 0.0325 e. The molecule has 0 aromatic carbocycles. The van der Waals surface area contributed by atoms with Crippen LogP contribution in [-0.2, 0) is 6.54 Å². The molecule has 0 atom stereocenters. The maximum atomic E-state index is 3.82. The largest absolute Gasteiger partial charge is 0.313 e. The van der Waals surface area contributed by atoms with Crippen molar-refractivity contribution in [2.24, 2.45) is 11.3 Å². The molecule has 1 aromatic heterocycles. The standard InChI is InChI=1S/C18H30N2S/c1-15-7-9-18(10-8-15,13-19-16-5-6-16)14-20(2)12-17-4-3-11-21-17/h3-4,11,15-16,19H,5-10,12-14H2,1-2H3. The lowest BCUT2D eigenvalue weighted by molar-refractivity contribution is 0.0958. The second-order valence-corrected chi connectivity index (χ2v) is 8.62. The fourth-order valence-corrected chi connectivity index (χ4v) is 4.49. The van der Waals surface area contributed by atoms with E-state index in [-0.39, 0.29) is 0 Å². The lowest BCUT2D eigenvalue weighted by Crippen LogP contribution is -2.45. The van der Waals surface area contributed by atoms with E-state index in [1.165, 1.54) is 56.5 Å². The van der Waals surface area contributed by atoms with Crippen molar-refractivity contribution in [2.75, 3.05) is 20.1 Å². The number of nitrogens with zero attached hydrogens (tertiary/aromatic N) is 1. The summed E-state index contributed by atoms with van der Waals surface area (Å²) in [6, 6.07) is 5.27. The fourth-order valence-electron chi connectivity index (χ4n) is 3.71. The van der Waals surface area contributed by atoms with Crippen LogP contribution >= 0.6 is 11.3 Å². The smallest absolute Gasteiger partial charge is 0.0325 e. The number of thiophene rings is 1. The molecule has 1 heterocycles. The van der Waals surface area contributed by atoms with Gasteiger partial charge < -0.3 is 10.2 Å². The normalized spacial score (nSPS) is 30.0. The molecule has 21 heavy (non-hydrogen) atoms. The molecule has 2 aliphatic carbocycles. The van der Waals surface area contributed by atoms with Gasteiger partial charge in [-0.2, -0.15) is 0 Å². The minimum absolute atomic E-state index is 0.515. The van der Waals surface area contributed by atoms with Crippen LogP contribution in [0.3, 0.4) is 0 Å². The van der Waals surface area contributed by atoms with Gasteiger partial charge in [0, 0.05) is 30.6 Å².